The van der Waals surface area contributed by atoms with E-state index in [0.717, 1.165) is 21.5 Å². The van der Waals surface area contributed by atoms with Gasteiger partial charge in [-0.1, -0.05) is 15.9 Å². The van der Waals surface area contributed by atoms with Crippen LogP contribution in [0.15, 0.2) is 46.9 Å². The minimum atomic E-state index is -0.0216. The summed E-state index contributed by atoms with van der Waals surface area (Å²) in [6, 6.07) is 13.3. The number of halogens is 1. The van der Waals surface area contributed by atoms with Crippen LogP contribution in [0.2, 0.25) is 0 Å². The Balaban J connectivity index is 2.09. The Morgan fingerprint density at radius 3 is 2.63 bits per heavy atom. The number of rotatable bonds is 1. The molecule has 0 aromatic heterocycles. The molecule has 3 rings (SSSR count). The quantitative estimate of drug-likeness (QED) is 0.794. The lowest BCUT2D eigenvalue weighted by Crippen LogP contribution is -2.34. The lowest BCUT2D eigenvalue weighted by atomic mass is 10.1. The summed E-state index contributed by atoms with van der Waals surface area (Å²) in [5.41, 5.74) is 9.14. The third-order valence-corrected chi connectivity index (χ3v) is 3.52. The molecule has 1 heterocycles. The molecular formula is C14H12BrN3O. The fourth-order valence-corrected chi connectivity index (χ4v) is 2.49. The summed E-state index contributed by atoms with van der Waals surface area (Å²) in [6.07, 6.45) is 0. The van der Waals surface area contributed by atoms with E-state index in [1.807, 2.05) is 47.4 Å². The van der Waals surface area contributed by atoms with Gasteiger partial charge in [-0.15, -0.1) is 0 Å². The Labute approximate surface area is 119 Å². The molecule has 1 aliphatic heterocycles. The van der Waals surface area contributed by atoms with E-state index in [1.165, 1.54) is 0 Å². The summed E-state index contributed by atoms with van der Waals surface area (Å²) in [7, 11) is 0. The Kier molecular flexibility index (Phi) is 2.91. The van der Waals surface area contributed by atoms with Crippen LogP contribution in [0.4, 0.5) is 22.7 Å². The minimum Gasteiger partial charge on any atom is -0.399 e. The first-order chi connectivity index (χ1) is 9.13. The van der Waals surface area contributed by atoms with E-state index in [2.05, 4.69) is 21.2 Å². The van der Waals surface area contributed by atoms with E-state index in [0.29, 0.717) is 12.2 Å². The number of nitrogen functional groups attached to an aromatic ring is 1. The van der Waals surface area contributed by atoms with Gasteiger partial charge in [-0.25, -0.2) is 0 Å². The molecule has 3 N–H and O–H groups in total. The lowest BCUT2D eigenvalue weighted by Gasteiger charge is -2.31. The molecule has 0 saturated heterocycles. The molecule has 19 heavy (non-hydrogen) atoms. The van der Waals surface area contributed by atoms with Gasteiger partial charge in [0, 0.05) is 15.8 Å². The zero-order valence-corrected chi connectivity index (χ0v) is 11.6. The fourth-order valence-electron chi connectivity index (χ4n) is 2.14. The predicted molar refractivity (Wildman–Crippen MR) is 80.6 cm³/mol. The normalized spacial score (nSPS) is 13.9. The smallest absolute Gasteiger partial charge is 0.244 e. The topological polar surface area (TPSA) is 58.4 Å². The van der Waals surface area contributed by atoms with Gasteiger partial charge in [0.2, 0.25) is 5.91 Å². The molecule has 5 heteroatoms. The maximum absolute atomic E-state index is 11.8. The highest BCUT2D eigenvalue weighted by Gasteiger charge is 2.23. The Morgan fingerprint density at radius 1 is 1.16 bits per heavy atom. The number of hydrogen-bond donors (Lipinski definition) is 2. The first-order valence-corrected chi connectivity index (χ1v) is 6.65. The number of fused-ring (bicyclic) bond motifs is 1. The molecule has 0 bridgehead atoms. The summed E-state index contributed by atoms with van der Waals surface area (Å²) < 4.78 is 0.975. The molecule has 2 aromatic carbocycles. The molecule has 0 aliphatic carbocycles. The molecule has 4 nitrogen and oxygen atoms in total. The molecule has 0 fully saturated rings. The Bertz CT molecular complexity index is 640. The van der Waals surface area contributed by atoms with Gasteiger partial charge >= 0.3 is 0 Å². The fraction of sp³-hybridized carbons (Fsp3) is 0.0714. The molecule has 1 amide bonds. The van der Waals surface area contributed by atoms with Crippen LogP contribution >= 0.6 is 15.9 Å². The average Bonchev–Trinajstić information content (AvgIpc) is 2.39. The summed E-state index contributed by atoms with van der Waals surface area (Å²) in [4.78, 5) is 13.7. The van der Waals surface area contributed by atoms with Crippen LogP contribution < -0.4 is 16.0 Å². The van der Waals surface area contributed by atoms with Crippen molar-refractivity contribution in [2.24, 2.45) is 0 Å². The number of anilines is 4. The highest BCUT2D eigenvalue weighted by Crippen LogP contribution is 2.37. The average molecular weight is 318 g/mol. The van der Waals surface area contributed by atoms with Crippen LogP contribution in [0.1, 0.15) is 0 Å². The van der Waals surface area contributed by atoms with Gasteiger partial charge < -0.3 is 16.0 Å². The number of nitrogens with two attached hydrogens (primary N) is 1. The largest absolute Gasteiger partial charge is 0.399 e. The monoisotopic (exact) mass is 317 g/mol. The van der Waals surface area contributed by atoms with Crippen molar-refractivity contribution >= 4 is 44.6 Å². The van der Waals surface area contributed by atoms with E-state index >= 15 is 0 Å². The van der Waals surface area contributed by atoms with E-state index in [-0.39, 0.29) is 5.91 Å². The molecule has 0 unspecified atom stereocenters. The number of carbonyl (C=O) groups excluding carboxylic acids is 1. The summed E-state index contributed by atoms with van der Waals surface area (Å²) in [6.45, 7) is 0.299. The molecule has 1 aliphatic rings. The number of hydrogen-bond acceptors (Lipinski definition) is 3. The standard InChI is InChI=1S/C14H12BrN3O/c15-9-1-6-12-13(7-9)18(8-14(19)17-12)11-4-2-10(16)3-5-11/h1-7H,8,16H2,(H,17,19). The van der Waals surface area contributed by atoms with Gasteiger partial charge in [0.05, 0.1) is 11.4 Å². The minimum absolute atomic E-state index is 0.0216. The molecular weight excluding hydrogens is 306 g/mol. The molecule has 0 atom stereocenters. The predicted octanol–water partition coefficient (Wildman–Crippen LogP) is 3.12. The second-order valence-electron chi connectivity index (χ2n) is 4.39. The van der Waals surface area contributed by atoms with Crippen LogP contribution in [0, 0.1) is 0 Å². The second kappa shape index (κ2) is 4.59. The zero-order chi connectivity index (χ0) is 13.4. The van der Waals surface area contributed by atoms with E-state index < -0.39 is 0 Å². The maximum atomic E-state index is 11.8. The highest BCUT2D eigenvalue weighted by atomic mass is 79.9. The van der Waals surface area contributed by atoms with Crippen LogP contribution in [0.25, 0.3) is 0 Å². The first-order valence-electron chi connectivity index (χ1n) is 5.86. The summed E-state index contributed by atoms with van der Waals surface area (Å²) in [5, 5.41) is 2.87. The van der Waals surface area contributed by atoms with Crippen LogP contribution in [-0.4, -0.2) is 12.5 Å². The highest BCUT2D eigenvalue weighted by molar-refractivity contribution is 9.10. The van der Waals surface area contributed by atoms with Crippen molar-refractivity contribution in [1.82, 2.24) is 0 Å². The number of benzene rings is 2. The summed E-state index contributed by atoms with van der Waals surface area (Å²) >= 11 is 3.46. The zero-order valence-electron chi connectivity index (χ0n) is 10.1. The van der Waals surface area contributed by atoms with E-state index in [9.17, 15) is 4.79 Å². The van der Waals surface area contributed by atoms with Gasteiger partial charge in [0.15, 0.2) is 0 Å². The van der Waals surface area contributed by atoms with E-state index in [1.54, 1.807) is 0 Å². The van der Waals surface area contributed by atoms with Gasteiger partial charge in [-0.2, -0.15) is 0 Å². The SMILES string of the molecule is Nc1ccc(N2CC(=O)Nc3ccc(Br)cc32)cc1. The summed E-state index contributed by atoms with van der Waals surface area (Å²) in [5.74, 6) is -0.0216. The van der Waals surface area contributed by atoms with Crippen molar-refractivity contribution in [1.29, 1.82) is 0 Å². The van der Waals surface area contributed by atoms with Crippen molar-refractivity contribution in [2.75, 3.05) is 22.5 Å². The first kappa shape index (κ1) is 12.0. The molecule has 96 valence electrons. The van der Waals surface area contributed by atoms with Crippen molar-refractivity contribution in [3.05, 3.63) is 46.9 Å². The van der Waals surface area contributed by atoms with Gasteiger partial charge in [0.25, 0.3) is 0 Å². The third-order valence-electron chi connectivity index (χ3n) is 3.03. The van der Waals surface area contributed by atoms with Crippen molar-refractivity contribution in [3.8, 4) is 0 Å². The number of nitrogens with one attached hydrogen (secondary N) is 1. The Morgan fingerprint density at radius 2 is 1.89 bits per heavy atom. The van der Waals surface area contributed by atoms with Crippen molar-refractivity contribution in [3.63, 3.8) is 0 Å². The molecule has 0 spiro atoms. The van der Waals surface area contributed by atoms with Gasteiger partial charge in [0.1, 0.15) is 6.54 Å². The number of nitrogens with zero attached hydrogens (tertiary/aromatic N) is 1. The number of carbonyl (C=O) groups is 1. The van der Waals surface area contributed by atoms with Gasteiger partial charge in [-0.3, -0.25) is 4.79 Å². The van der Waals surface area contributed by atoms with E-state index in [4.69, 9.17) is 5.73 Å². The Hall–Kier alpha value is -2.01. The van der Waals surface area contributed by atoms with Crippen molar-refractivity contribution in [2.45, 2.75) is 0 Å². The third kappa shape index (κ3) is 2.29. The van der Waals surface area contributed by atoms with Crippen LogP contribution in [0.5, 0.6) is 0 Å². The lowest BCUT2D eigenvalue weighted by molar-refractivity contribution is -0.115. The van der Waals surface area contributed by atoms with Gasteiger partial charge in [-0.05, 0) is 42.5 Å². The second-order valence-corrected chi connectivity index (χ2v) is 5.30. The molecule has 0 saturated carbocycles. The molecule has 2 aromatic rings. The number of amides is 1. The van der Waals surface area contributed by atoms with Crippen molar-refractivity contribution < 1.29 is 4.79 Å². The molecule has 0 radical (unpaired) electrons. The maximum Gasteiger partial charge on any atom is 0.244 e. The van der Waals surface area contributed by atoms with Crippen LogP contribution in [-0.2, 0) is 4.79 Å². The van der Waals surface area contributed by atoms with Crippen LogP contribution in [0.3, 0.4) is 0 Å².